The summed E-state index contributed by atoms with van der Waals surface area (Å²) in [5, 5.41) is 9.21. The van der Waals surface area contributed by atoms with Gasteiger partial charge in [-0.05, 0) is 45.7 Å². The summed E-state index contributed by atoms with van der Waals surface area (Å²) in [5.74, 6) is 1.49. The number of carbonyl (C=O) groups is 1. The van der Waals surface area contributed by atoms with Crippen molar-refractivity contribution in [1.82, 2.24) is 14.9 Å². The lowest BCUT2D eigenvalue weighted by molar-refractivity contribution is 0.0525. The highest BCUT2D eigenvalue weighted by Crippen LogP contribution is 2.39. The number of benzene rings is 1. The summed E-state index contributed by atoms with van der Waals surface area (Å²) in [4.78, 5) is 23.2. The average molecular weight is 441 g/mol. The molecule has 0 radical (unpaired) electrons. The van der Waals surface area contributed by atoms with Gasteiger partial charge in [-0.15, -0.1) is 0 Å². The highest BCUT2D eigenvalue weighted by atomic mass is 16.5. The van der Waals surface area contributed by atoms with Crippen molar-refractivity contribution in [3.8, 4) is 29.2 Å². The zero-order valence-corrected chi connectivity index (χ0v) is 18.7. The number of nitriles is 1. The van der Waals surface area contributed by atoms with E-state index >= 15 is 0 Å². The molecule has 1 atom stereocenters. The van der Waals surface area contributed by atoms with Gasteiger partial charge >= 0.3 is 0 Å². The average Bonchev–Trinajstić information content (AvgIpc) is 2.81. The second-order valence-corrected chi connectivity index (χ2v) is 7.06. The van der Waals surface area contributed by atoms with E-state index in [-0.39, 0.29) is 23.6 Å². The van der Waals surface area contributed by atoms with Gasteiger partial charge in [-0.2, -0.15) is 5.26 Å². The molecule has 1 aliphatic rings. The molecule has 0 bridgehead atoms. The van der Waals surface area contributed by atoms with Crippen LogP contribution in [0.3, 0.4) is 0 Å². The minimum absolute atomic E-state index is 0.130. The summed E-state index contributed by atoms with van der Waals surface area (Å²) in [5.41, 5.74) is 0.586. The number of piperidine rings is 1. The monoisotopic (exact) mass is 440 g/mol. The minimum Gasteiger partial charge on any atom is -0.490 e. The number of amides is 1. The van der Waals surface area contributed by atoms with E-state index in [1.54, 1.807) is 17.0 Å². The largest absolute Gasteiger partial charge is 0.490 e. The molecule has 1 aromatic carbocycles. The fraction of sp³-hybridized carbons (Fsp3) is 0.478. The predicted molar refractivity (Wildman–Crippen MR) is 116 cm³/mol. The number of hydrogen-bond donors (Lipinski definition) is 0. The van der Waals surface area contributed by atoms with E-state index in [0.717, 1.165) is 12.8 Å². The Balaban J connectivity index is 1.82. The van der Waals surface area contributed by atoms with Gasteiger partial charge in [0.05, 0.1) is 26.4 Å². The Morgan fingerprint density at radius 1 is 1.09 bits per heavy atom. The van der Waals surface area contributed by atoms with Crippen LogP contribution in [0.4, 0.5) is 0 Å². The number of likely N-dealkylation sites (tertiary alicyclic amines) is 1. The van der Waals surface area contributed by atoms with Gasteiger partial charge in [-0.3, -0.25) is 4.79 Å². The minimum atomic E-state index is -0.281. The molecule has 3 rings (SSSR count). The molecule has 1 amide bonds. The van der Waals surface area contributed by atoms with Gasteiger partial charge in [0.1, 0.15) is 12.2 Å². The fourth-order valence-corrected chi connectivity index (χ4v) is 3.56. The van der Waals surface area contributed by atoms with Crippen molar-refractivity contribution in [2.45, 2.75) is 39.7 Å². The topological polar surface area (TPSA) is 107 Å². The number of carbonyl (C=O) groups excluding carboxylic acids is 1. The van der Waals surface area contributed by atoms with Crippen LogP contribution in [0.5, 0.6) is 23.1 Å². The lowest BCUT2D eigenvalue weighted by Gasteiger charge is -2.33. The van der Waals surface area contributed by atoms with E-state index in [1.165, 1.54) is 12.4 Å². The van der Waals surface area contributed by atoms with Crippen LogP contribution in [0.25, 0.3) is 0 Å². The van der Waals surface area contributed by atoms with Crippen molar-refractivity contribution in [2.75, 3.05) is 32.9 Å². The Bertz CT molecular complexity index is 948. The van der Waals surface area contributed by atoms with Crippen molar-refractivity contribution in [3.63, 3.8) is 0 Å². The third-order valence-electron chi connectivity index (χ3n) is 4.87. The maximum absolute atomic E-state index is 13.3. The van der Waals surface area contributed by atoms with Gasteiger partial charge in [0, 0.05) is 24.5 Å². The molecule has 1 fully saturated rings. The van der Waals surface area contributed by atoms with Crippen LogP contribution < -0.4 is 18.9 Å². The van der Waals surface area contributed by atoms with Crippen molar-refractivity contribution in [3.05, 3.63) is 35.8 Å². The van der Waals surface area contributed by atoms with E-state index in [0.29, 0.717) is 55.7 Å². The van der Waals surface area contributed by atoms with Crippen LogP contribution in [0.2, 0.25) is 0 Å². The molecule has 0 spiro atoms. The summed E-state index contributed by atoms with van der Waals surface area (Å²) >= 11 is 0. The first-order valence-electron chi connectivity index (χ1n) is 10.8. The zero-order chi connectivity index (χ0) is 22.9. The maximum atomic E-state index is 13.3. The highest BCUT2D eigenvalue weighted by Gasteiger charge is 2.28. The molecule has 1 saturated heterocycles. The van der Waals surface area contributed by atoms with Crippen LogP contribution in [0.15, 0.2) is 24.5 Å². The van der Waals surface area contributed by atoms with Crippen LogP contribution in [0, 0.1) is 11.3 Å². The second kappa shape index (κ2) is 11.2. The molecule has 2 aromatic rings. The third-order valence-corrected chi connectivity index (χ3v) is 4.87. The molecule has 32 heavy (non-hydrogen) atoms. The quantitative estimate of drug-likeness (QED) is 0.585. The first-order valence-corrected chi connectivity index (χ1v) is 10.8. The molecule has 1 aromatic heterocycles. The maximum Gasteiger partial charge on any atom is 0.254 e. The van der Waals surface area contributed by atoms with Gasteiger partial charge in [0.2, 0.25) is 11.4 Å². The molecule has 170 valence electrons. The summed E-state index contributed by atoms with van der Waals surface area (Å²) in [6.45, 7) is 7.93. The highest BCUT2D eigenvalue weighted by molar-refractivity contribution is 5.95. The molecule has 1 unspecified atom stereocenters. The molecule has 0 saturated carbocycles. The molecule has 9 heteroatoms. The Labute approximate surface area is 187 Å². The normalized spacial score (nSPS) is 15.6. The summed E-state index contributed by atoms with van der Waals surface area (Å²) in [6, 6.07) is 5.37. The zero-order valence-electron chi connectivity index (χ0n) is 18.7. The first kappa shape index (κ1) is 23.1. The van der Waals surface area contributed by atoms with Crippen molar-refractivity contribution < 1.29 is 23.7 Å². The molecular weight excluding hydrogens is 412 g/mol. The molecule has 2 heterocycles. The van der Waals surface area contributed by atoms with Crippen molar-refractivity contribution in [1.29, 1.82) is 5.26 Å². The van der Waals surface area contributed by atoms with Gasteiger partial charge in [0.15, 0.2) is 11.5 Å². The Morgan fingerprint density at radius 2 is 1.75 bits per heavy atom. The number of rotatable bonds is 9. The Morgan fingerprint density at radius 3 is 2.38 bits per heavy atom. The first-order chi connectivity index (χ1) is 15.6. The van der Waals surface area contributed by atoms with E-state index in [1.807, 2.05) is 26.8 Å². The summed E-state index contributed by atoms with van der Waals surface area (Å²) < 4.78 is 23.1. The van der Waals surface area contributed by atoms with Gasteiger partial charge in [0.25, 0.3) is 11.8 Å². The van der Waals surface area contributed by atoms with Gasteiger partial charge < -0.3 is 23.8 Å². The van der Waals surface area contributed by atoms with Crippen LogP contribution >= 0.6 is 0 Å². The number of aromatic nitrogens is 2. The van der Waals surface area contributed by atoms with Crippen LogP contribution in [0.1, 0.15) is 49.7 Å². The molecule has 9 nitrogen and oxygen atoms in total. The summed E-state index contributed by atoms with van der Waals surface area (Å²) in [6.07, 6.45) is 4.17. The van der Waals surface area contributed by atoms with Gasteiger partial charge in [-0.1, -0.05) is 0 Å². The van der Waals surface area contributed by atoms with Crippen molar-refractivity contribution in [2.24, 2.45) is 0 Å². The number of ether oxygens (including phenoxy) is 4. The SMILES string of the molecule is CCOc1cc(C(=O)N2CCCC(Oc3nccnc3C#N)C2)cc(OCC)c1OCC. The smallest absolute Gasteiger partial charge is 0.254 e. The van der Waals surface area contributed by atoms with Crippen LogP contribution in [-0.2, 0) is 0 Å². The fourth-order valence-electron chi connectivity index (χ4n) is 3.56. The molecular formula is C23H28N4O5. The number of hydrogen-bond acceptors (Lipinski definition) is 8. The molecule has 1 aliphatic heterocycles. The third kappa shape index (κ3) is 5.38. The Kier molecular flexibility index (Phi) is 8.08. The second-order valence-electron chi connectivity index (χ2n) is 7.06. The van der Waals surface area contributed by atoms with E-state index in [2.05, 4.69) is 9.97 Å². The van der Waals surface area contributed by atoms with E-state index < -0.39 is 0 Å². The molecule has 0 aliphatic carbocycles. The molecule has 0 N–H and O–H groups in total. The van der Waals surface area contributed by atoms with Crippen LogP contribution in [-0.4, -0.2) is 59.8 Å². The lowest BCUT2D eigenvalue weighted by Crippen LogP contribution is -2.44. The van der Waals surface area contributed by atoms with Crippen molar-refractivity contribution >= 4 is 5.91 Å². The summed E-state index contributed by atoms with van der Waals surface area (Å²) in [7, 11) is 0. The van der Waals surface area contributed by atoms with Gasteiger partial charge in [-0.25, -0.2) is 9.97 Å². The number of nitrogens with zero attached hydrogens (tertiary/aromatic N) is 4. The Hall–Kier alpha value is -3.54. The lowest BCUT2D eigenvalue weighted by atomic mass is 10.1. The van der Waals surface area contributed by atoms with E-state index in [9.17, 15) is 10.1 Å². The standard InChI is InChI=1S/C23H28N4O5/c1-4-29-19-12-16(13-20(30-5-2)21(19)31-6-3)23(28)27-11-7-8-17(15-27)32-22-18(14-24)25-9-10-26-22/h9-10,12-13,17H,4-8,11,15H2,1-3H3. The predicted octanol–water partition coefficient (Wildman–Crippen LogP) is 3.23. The van der Waals surface area contributed by atoms with E-state index in [4.69, 9.17) is 18.9 Å².